The van der Waals surface area contributed by atoms with Crippen LogP contribution >= 0.6 is 0 Å². The van der Waals surface area contributed by atoms with Gasteiger partial charge >= 0.3 is 0 Å². The molecule has 0 aromatic heterocycles. The summed E-state index contributed by atoms with van der Waals surface area (Å²) in [6.07, 6.45) is 5.27. The Kier molecular flexibility index (Phi) is 5.01. The van der Waals surface area contributed by atoms with E-state index in [4.69, 9.17) is 20.6 Å². The third kappa shape index (κ3) is 3.51. The molecule has 0 saturated heterocycles. The highest BCUT2D eigenvalue weighted by atomic mass is 16.5. The van der Waals surface area contributed by atoms with Crippen LogP contribution in [-0.4, -0.2) is 19.0 Å². The fraction of sp³-hybridized carbons (Fsp3) is 0.562. The van der Waals surface area contributed by atoms with Gasteiger partial charge in [0.1, 0.15) is 11.6 Å². The maximum atomic E-state index is 7.52. The first-order valence-electron chi connectivity index (χ1n) is 7.24. The Morgan fingerprint density at radius 3 is 2.75 bits per heavy atom. The summed E-state index contributed by atoms with van der Waals surface area (Å²) in [5.74, 6) is 1.48. The quantitative estimate of drug-likeness (QED) is 0.641. The van der Waals surface area contributed by atoms with Gasteiger partial charge in [0.05, 0.1) is 19.8 Å². The van der Waals surface area contributed by atoms with E-state index >= 15 is 0 Å². The van der Waals surface area contributed by atoms with Crippen LogP contribution in [0.25, 0.3) is 0 Å². The van der Waals surface area contributed by atoms with Crippen LogP contribution in [-0.2, 0) is 11.3 Å². The Labute approximate surface area is 120 Å². The van der Waals surface area contributed by atoms with E-state index < -0.39 is 0 Å². The van der Waals surface area contributed by atoms with Gasteiger partial charge in [-0.25, -0.2) is 0 Å². The number of methoxy groups -OCH3 is 1. The van der Waals surface area contributed by atoms with Crippen LogP contribution in [0.3, 0.4) is 0 Å². The van der Waals surface area contributed by atoms with E-state index in [1.165, 1.54) is 19.3 Å². The highest BCUT2D eigenvalue weighted by molar-refractivity contribution is 5.95. The van der Waals surface area contributed by atoms with Gasteiger partial charge < -0.3 is 15.2 Å². The second kappa shape index (κ2) is 6.75. The van der Waals surface area contributed by atoms with E-state index in [1.54, 1.807) is 13.2 Å². The number of nitrogens with two attached hydrogens (primary N) is 1. The van der Waals surface area contributed by atoms with Crippen molar-refractivity contribution in [1.82, 2.24) is 0 Å². The number of benzene rings is 1. The molecule has 1 aliphatic rings. The van der Waals surface area contributed by atoms with Crippen molar-refractivity contribution in [3.8, 4) is 5.75 Å². The molecule has 20 heavy (non-hydrogen) atoms. The molecule has 0 bridgehead atoms. The molecule has 110 valence electrons. The molecule has 1 aromatic carbocycles. The molecule has 0 heterocycles. The van der Waals surface area contributed by atoms with Crippen molar-refractivity contribution in [1.29, 1.82) is 5.41 Å². The standard InChI is InChI=1S/C16H24N2O2/c1-11-5-3-4-6-14(11)20-10-13-9-12(16(17)18)7-8-15(13)19-2/h7-9,11,14H,3-6,10H2,1-2H3,(H3,17,18). The summed E-state index contributed by atoms with van der Waals surface area (Å²) in [5.41, 5.74) is 7.20. The Bertz CT molecular complexity index is 474. The van der Waals surface area contributed by atoms with Gasteiger partial charge in [0, 0.05) is 11.1 Å². The Morgan fingerprint density at radius 2 is 2.10 bits per heavy atom. The van der Waals surface area contributed by atoms with Crippen LogP contribution in [0.1, 0.15) is 43.7 Å². The van der Waals surface area contributed by atoms with Crippen molar-refractivity contribution in [3.05, 3.63) is 29.3 Å². The van der Waals surface area contributed by atoms with Crippen LogP contribution in [0.15, 0.2) is 18.2 Å². The van der Waals surface area contributed by atoms with Crippen molar-refractivity contribution in [2.45, 2.75) is 45.3 Å². The zero-order valence-electron chi connectivity index (χ0n) is 12.3. The van der Waals surface area contributed by atoms with E-state index in [-0.39, 0.29) is 5.84 Å². The summed E-state index contributed by atoms with van der Waals surface area (Å²) >= 11 is 0. The van der Waals surface area contributed by atoms with Gasteiger partial charge in [-0.2, -0.15) is 0 Å². The predicted octanol–water partition coefficient (Wildman–Crippen LogP) is 3.07. The lowest BCUT2D eigenvalue weighted by Gasteiger charge is -2.29. The molecule has 2 unspecified atom stereocenters. The summed E-state index contributed by atoms with van der Waals surface area (Å²) in [4.78, 5) is 0. The first-order chi connectivity index (χ1) is 9.61. The lowest BCUT2D eigenvalue weighted by molar-refractivity contribution is -0.0160. The van der Waals surface area contributed by atoms with Gasteiger partial charge in [0.2, 0.25) is 0 Å². The van der Waals surface area contributed by atoms with E-state index in [1.807, 2.05) is 12.1 Å². The second-order valence-electron chi connectivity index (χ2n) is 5.55. The third-order valence-electron chi connectivity index (χ3n) is 4.08. The molecule has 1 fully saturated rings. The van der Waals surface area contributed by atoms with Crippen molar-refractivity contribution in [2.24, 2.45) is 11.7 Å². The molecule has 0 amide bonds. The largest absolute Gasteiger partial charge is 0.496 e. The van der Waals surface area contributed by atoms with Crippen LogP contribution in [0.4, 0.5) is 0 Å². The highest BCUT2D eigenvalue weighted by Crippen LogP contribution is 2.28. The molecule has 4 heteroatoms. The molecule has 2 atom stereocenters. The minimum Gasteiger partial charge on any atom is -0.496 e. The average molecular weight is 276 g/mol. The van der Waals surface area contributed by atoms with Crippen LogP contribution in [0.5, 0.6) is 5.75 Å². The molecule has 0 radical (unpaired) electrons. The van der Waals surface area contributed by atoms with Gasteiger partial charge in [-0.15, -0.1) is 0 Å². The Morgan fingerprint density at radius 1 is 1.35 bits per heavy atom. The Hall–Kier alpha value is -1.55. The summed E-state index contributed by atoms with van der Waals surface area (Å²) in [7, 11) is 1.65. The molecule has 1 saturated carbocycles. The van der Waals surface area contributed by atoms with E-state index in [0.717, 1.165) is 17.7 Å². The number of hydrogen-bond donors (Lipinski definition) is 2. The highest BCUT2D eigenvalue weighted by Gasteiger charge is 2.22. The maximum Gasteiger partial charge on any atom is 0.124 e. The Balaban J connectivity index is 2.07. The fourth-order valence-corrected chi connectivity index (χ4v) is 2.79. The lowest BCUT2D eigenvalue weighted by atomic mass is 9.88. The van der Waals surface area contributed by atoms with Crippen molar-refractivity contribution in [2.75, 3.05) is 7.11 Å². The summed E-state index contributed by atoms with van der Waals surface area (Å²) in [6.45, 7) is 2.77. The minimum atomic E-state index is 0.0694. The van der Waals surface area contributed by atoms with Gasteiger partial charge in [-0.1, -0.05) is 19.8 Å². The summed E-state index contributed by atoms with van der Waals surface area (Å²) in [6, 6.07) is 5.53. The smallest absolute Gasteiger partial charge is 0.124 e. The molecular weight excluding hydrogens is 252 g/mol. The molecule has 3 N–H and O–H groups in total. The third-order valence-corrected chi connectivity index (χ3v) is 4.08. The number of rotatable bonds is 5. The zero-order valence-corrected chi connectivity index (χ0v) is 12.3. The molecule has 2 rings (SSSR count). The fourth-order valence-electron chi connectivity index (χ4n) is 2.79. The minimum absolute atomic E-state index is 0.0694. The molecular formula is C16H24N2O2. The normalized spacial score (nSPS) is 22.5. The summed E-state index contributed by atoms with van der Waals surface area (Å²) in [5, 5.41) is 7.52. The number of nitrogen functional groups attached to an aromatic ring is 1. The van der Waals surface area contributed by atoms with Crippen LogP contribution < -0.4 is 10.5 Å². The SMILES string of the molecule is COc1ccc(C(=N)N)cc1COC1CCCCC1C. The number of amidine groups is 1. The van der Waals surface area contributed by atoms with Gasteiger partial charge in [0.25, 0.3) is 0 Å². The number of hydrogen-bond acceptors (Lipinski definition) is 3. The van der Waals surface area contributed by atoms with E-state index in [0.29, 0.717) is 24.2 Å². The maximum absolute atomic E-state index is 7.52. The van der Waals surface area contributed by atoms with Gasteiger partial charge in [0.15, 0.2) is 0 Å². The molecule has 4 nitrogen and oxygen atoms in total. The monoisotopic (exact) mass is 276 g/mol. The van der Waals surface area contributed by atoms with Crippen LogP contribution in [0, 0.1) is 11.3 Å². The van der Waals surface area contributed by atoms with Crippen LogP contribution in [0.2, 0.25) is 0 Å². The number of nitrogens with one attached hydrogen (secondary N) is 1. The van der Waals surface area contributed by atoms with Crippen molar-refractivity contribution in [3.63, 3.8) is 0 Å². The van der Waals surface area contributed by atoms with E-state index in [2.05, 4.69) is 6.92 Å². The van der Waals surface area contributed by atoms with Gasteiger partial charge in [-0.3, -0.25) is 5.41 Å². The van der Waals surface area contributed by atoms with E-state index in [9.17, 15) is 0 Å². The zero-order chi connectivity index (χ0) is 14.5. The molecule has 0 aliphatic heterocycles. The molecule has 1 aliphatic carbocycles. The lowest BCUT2D eigenvalue weighted by Crippen LogP contribution is -2.25. The topological polar surface area (TPSA) is 68.3 Å². The summed E-state index contributed by atoms with van der Waals surface area (Å²) < 4.78 is 11.4. The first-order valence-corrected chi connectivity index (χ1v) is 7.24. The first kappa shape index (κ1) is 14.9. The molecule has 0 spiro atoms. The van der Waals surface area contributed by atoms with Crippen molar-refractivity contribution < 1.29 is 9.47 Å². The van der Waals surface area contributed by atoms with Crippen molar-refractivity contribution >= 4 is 5.84 Å². The van der Waals surface area contributed by atoms with Gasteiger partial charge in [-0.05, 0) is 37.0 Å². The molecule has 1 aromatic rings. The second-order valence-corrected chi connectivity index (χ2v) is 5.55. The predicted molar refractivity (Wildman–Crippen MR) is 80.2 cm³/mol. The average Bonchev–Trinajstić information content (AvgIpc) is 2.46. The number of ether oxygens (including phenoxy) is 2.